The molecule has 1 saturated heterocycles. The smallest absolute Gasteiger partial charge is 0.309 e. The Morgan fingerprint density at radius 1 is 0.639 bits per heavy atom. The van der Waals surface area contributed by atoms with Crippen molar-refractivity contribution in [2.24, 2.45) is 23.7 Å². The summed E-state index contributed by atoms with van der Waals surface area (Å²) in [6.45, 7) is 6.91. The second-order valence-electron chi connectivity index (χ2n) is 12.6. The fourth-order valence-corrected chi connectivity index (χ4v) is 7.01. The number of unbranched alkanes of at least 4 members (excludes halogenated alkanes) is 9. The van der Waals surface area contributed by atoms with E-state index in [-0.39, 0.29) is 18.0 Å². The van der Waals surface area contributed by atoms with E-state index in [0.29, 0.717) is 12.1 Å². The van der Waals surface area contributed by atoms with Crippen LogP contribution in [0.2, 0.25) is 0 Å². The maximum Gasteiger partial charge on any atom is 0.309 e. The molecule has 36 heavy (non-hydrogen) atoms. The monoisotopic (exact) mass is 504 g/mol. The van der Waals surface area contributed by atoms with Crippen LogP contribution in [0.15, 0.2) is 0 Å². The van der Waals surface area contributed by atoms with E-state index < -0.39 is 0 Å². The largest absolute Gasteiger partial charge is 0.462 e. The third kappa shape index (κ3) is 11.0. The number of hydrogen-bond donors (Lipinski definition) is 2. The molecule has 0 atom stereocenters. The molecule has 0 aromatic carbocycles. The highest BCUT2D eigenvalue weighted by Crippen LogP contribution is 2.34. The Bertz CT molecular complexity index is 559. The fourth-order valence-electron chi connectivity index (χ4n) is 7.01. The van der Waals surface area contributed by atoms with Crippen LogP contribution in [0.5, 0.6) is 0 Å². The lowest BCUT2D eigenvalue weighted by atomic mass is 9.79. The summed E-state index contributed by atoms with van der Waals surface area (Å²) in [5, 5.41) is 7.65. The molecule has 0 unspecified atom stereocenters. The molecule has 3 aliphatic rings. The van der Waals surface area contributed by atoms with Crippen LogP contribution in [-0.2, 0) is 9.53 Å². The normalized spacial score (nSPS) is 31.3. The summed E-state index contributed by atoms with van der Waals surface area (Å²) in [6.07, 6.45) is 27.7. The van der Waals surface area contributed by atoms with Crippen molar-refractivity contribution in [1.29, 1.82) is 0 Å². The number of hydrogen-bond acceptors (Lipinski definition) is 4. The molecule has 0 radical (unpaired) electrons. The highest BCUT2D eigenvalue weighted by molar-refractivity contribution is 5.72. The summed E-state index contributed by atoms with van der Waals surface area (Å²) in [5.74, 6) is 2.61. The summed E-state index contributed by atoms with van der Waals surface area (Å²) in [4.78, 5) is 12.8. The number of ether oxygens (including phenoxy) is 1. The van der Waals surface area contributed by atoms with E-state index in [9.17, 15) is 4.79 Å². The van der Waals surface area contributed by atoms with Gasteiger partial charge in [0.05, 0.1) is 12.1 Å². The molecule has 1 heterocycles. The molecule has 1 aliphatic heterocycles. The molecule has 210 valence electrons. The van der Waals surface area contributed by atoms with Gasteiger partial charge in [-0.1, -0.05) is 90.9 Å². The van der Waals surface area contributed by atoms with Crippen molar-refractivity contribution in [3.05, 3.63) is 0 Å². The van der Waals surface area contributed by atoms with E-state index in [1.807, 2.05) is 0 Å². The molecule has 0 amide bonds. The molecule has 2 N–H and O–H groups in total. The lowest BCUT2D eigenvalue weighted by Crippen LogP contribution is -2.56. The molecular formula is C32H60N2O2. The predicted molar refractivity (Wildman–Crippen MR) is 152 cm³/mol. The van der Waals surface area contributed by atoms with Crippen LogP contribution in [0, 0.1) is 23.7 Å². The Morgan fingerprint density at radius 3 is 1.81 bits per heavy atom. The second-order valence-corrected chi connectivity index (χ2v) is 12.6. The average Bonchev–Trinajstić information content (AvgIpc) is 2.91. The van der Waals surface area contributed by atoms with Gasteiger partial charge in [-0.05, 0) is 75.5 Å². The number of carbonyl (C=O) groups is 1. The van der Waals surface area contributed by atoms with Crippen LogP contribution >= 0.6 is 0 Å². The summed E-state index contributed by atoms with van der Waals surface area (Å²) in [5.41, 5.74) is 0. The highest BCUT2D eigenvalue weighted by atomic mass is 16.5. The van der Waals surface area contributed by atoms with Crippen molar-refractivity contribution >= 4 is 5.97 Å². The highest BCUT2D eigenvalue weighted by Gasteiger charge is 2.33. The molecule has 4 heteroatoms. The zero-order valence-corrected chi connectivity index (χ0v) is 24.0. The zero-order chi connectivity index (χ0) is 25.4. The van der Waals surface area contributed by atoms with Gasteiger partial charge < -0.3 is 15.4 Å². The quantitative estimate of drug-likeness (QED) is 0.164. The van der Waals surface area contributed by atoms with Gasteiger partial charge in [-0.2, -0.15) is 0 Å². The van der Waals surface area contributed by atoms with Crippen LogP contribution in [0.4, 0.5) is 0 Å². The van der Waals surface area contributed by atoms with Crippen LogP contribution in [0.25, 0.3) is 0 Å². The van der Waals surface area contributed by atoms with Gasteiger partial charge in [0.25, 0.3) is 0 Å². The summed E-state index contributed by atoms with van der Waals surface area (Å²) in [6, 6.07) is 0. The summed E-state index contributed by atoms with van der Waals surface area (Å²) >= 11 is 0. The van der Waals surface area contributed by atoms with E-state index in [2.05, 4.69) is 24.5 Å². The molecule has 0 spiro atoms. The topological polar surface area (TPSA) is 50.4 Å². The molecular weight excluding hydrogens is 444 g/mol. The first-order chi connectivity index (χ1) is 17.7. The number of nitrogens with one attached hydrogen (secondary N) is 2. The summed E-state index contributed by atoms with van der Waals surface area (Å²) < 4.78 is 6.03. The van der Waals surface area contributed by atoms with Crippen molar-refractivity contribution in [2.45, 2.75) is 161 Å². The Labute approximate surface area is 223 Å². The average molecular weight is 505 g/mol. The van der Waals surface area contributed by atoms with Crippen LogP contribution in [0.3, 0.4) is 0 Å². The minimum Gasteiger partial charge on any atom is -0.462 e. The second kappa shape index (κ2) is 17.8. The maximum atomic E-state index is 12.8. The SMILES string of the molecule is CCCCCCCCCCC1CNC(C2CCC(OC(=O)C3CCC(CCCCC)CC3)CC2)NC1. The first kappa shape index (κ1) is 29.9. The summed E-state index contributed by atoms with van der Waals surface area (Å²) in [7, 11) is 0. The van der Waals surface area contributed by atoms with E-state index in [0.717, 1.165) is 37.5 Å². The fraction of sp³-hybridized carbons (Fsp3) is 0.969. The Hall–Kier alpha value is -0.610. The Kier molecular flexibility index (Phi) is 14.8. The minimum atomic E-state index is 0.114. The number of carbonyl (C=O) groups excluding carboxylic acids is 1. The lowest BCUT2D eigenvalue weighted by molar-refractivity contribution is -0.157. The zero-order valence-electron chi connectivity index (χ0n) is 24.0. The standard InChI is InChI=1S/C32H60N2O2/c1-3-5-7-8-9-10-11-13-15-27-24-33-31(34-25-27)28-20-22-30(23-21-28)36-32(35)29-18-16-26(17-19-29)14-12-6-4-2/h26-31,33-34H,3-25H2,1-2H3. The van der Waals surface area contributed by atoms with E-state index in [4.69, 9.17) is 4.74 Å². The van der Waals surface area contributed by atoms with Crippen molar-refractivity contribution in [2.75, 3.05) is 13.1 Å². The van der Waals surface area contributed by atoms with E-state index in [1.54, 1.807) is 0 Å². The first-order valence-corrected chi connectivity index (χ1v) is 16.4. The molecule has 3 fully saturated rings. The van der Waals surface area contributed by atoms with E-state index >= 15 is 0 Å². The molecule has 2 saturated carbocycles. The van der Waals surface area contributed by atoms with E-state index in [1.165, 1.54) is 122 Å². The van der Waals surface area contributed by atoms with Crippen molar-refractivity contribution in [1.82, 2.24) is 10.6 Å². The molecule has 0 bridgehead atoms. The molecule has 0 aromatic rings. The third-order valence-electron chi connectivity index (χ3n) is 9.59. The molecule has 3 rings (SSSR count). The molecule has 0 aromatic heterocycles. The maximum absolute atomic E-state index is 12.8. The van der Waals surface area contributed by atoms with Gasteiger partial charge in [-0.3, -0.25) is 4.79 Å². The Morgan fingerprint density at radius 2 is 1.17 bits per heavy atom. The number of esters is 1. The van der Waals surface area contributed by atoms with Crippen molar-refractivity contribution < 1.29 is 9.53 Å². The van der Waals surface area contributed by atoms with Gasteiger partial charge >= 0.3 is 5.97 Å². The van der Waals surface area contributed by atoms with Crippen LogP contribution in [-0.4, -0.2) is 31.3 Å². The number of rotatable bonds is 16. The Balaban J connectivity index is 1.21. The predicted octanol–water partition coefficient (Wildman–Crippen LogP) is 8.14. The van der Waals surface area contributed by atoms with Gasteiger partial charge in [-0.15, -0.1) is 0 Å². The van der Waals surface area contributed by atoms with Crippen LogP contribution < -0.4 is 10.6 Å². The third-order valence-corrected chi connectivity index (χ3v) is 9.59. The van der Waals surface area contributed by atoms with Gasteiger partial charge in [0.1, 0.15) is 6.10 Å². The van der Waals surface area contributed by atoms with Crippen LogP contribution in [0.1, 0.15) is 149 Å². The molecule has 2 aliphatic carbocycles. The van der Waals surface area contributed by atoms with Gasteiger partial charge in [0.15, 0.2) is 0 Å². The minimum absolute atomic E-state index is 0.114. The van der Waals surface area contributed by atoms with Gasteiger partial charge in [0, 0.05) is 13.1 Å². The van der Waals surface area contributed by atoms with Crippen molar-refractivity contribution in [3.63, 3.8) is 0 Å². The van der Waals surface area contributed by atoms with Crippen molar-refractivity contribution in [3.8, 4) is 0 Å². The van der Waals surface area contributed by atoms with Gasteiger partial charge in [-0.25, -0.2) is 0 Å². The van der Waals surface area contributed by atoms with Gasteiger partial charge in [0.2, 0.25) is 0 Å². The first-order valence-electron chi connectivity index (χ1n) is 16.4. The molecule has 4 nitrogen and oxygen atoms in total. The lowest BCUT2D eigenvalue weighted by Gasteiger charge is -2.39.